The third-order valence-corrected chi connectivity index (χ3v) is 5.54. The minimum Gasteiger partial charge on any atom is -0.301 e. The summed E-state index contributed by atoms with van der Waals surface area (Å²) in [6.07, 6.45) is 7.15. The van der Waals surface area contributed by atoms with Crippen LogP contribution in [0.4, 0.5) is 4.39 Å². The number of carbonyl (C=O) groups excluding carboxylic acids is 1. The van der Waals surface area contributed by atoms with Gasteiger partial charge in [0, 0.05) is 34.8 Å². The predicted octanol–water partition coefficient (Wildman–Crippen LogP) is 3.36. The highest BCUT2D eigenvalue weighted by molar-refractivity contribution is 8.14. The van der Waals surface area contributed by atoms with Crippen LogP contribution in [0.2, 0.25) is 0 Å². The van der Waals surface area contributed by atoms with Crippen LogP contribution in [0.25, 0.3) is 28.0 Å². The summed E-state index contributed by atoms with van der Waals surface area (Å²) >= 11 is 1.45. The first kappa shape index (κ1) is 17.6. The number of benzene rings is 1. The number of amidine groups is 1. The quantitative estimate of drug-likeness (QED) is 0.546. The van der Waals surface area contributed by atoms with Gasteiger partial charge in [-0.2, -0.15) is 5.10 Å². The summed E-state index contributed by atoms with van der Waals surface area (Å²) in [7, 11) is 0. The van der Waals surface area contributed by atoms with Crippen LogP contribution in [0.1, 0.15) is 10.4 Å². The molecule has 0 saturated heterocycles. The molecular formula is C20H15FN6OS. The van der Waals surface area contributed by atoms with Crippen molar-refractivity contribution in [2.24, 2.45) is 4.99 Å². The summed E-state index contributed by atoms with van der Waals surface area (Å²) in [5.41, 5.74) is 3.98. The number of carbonyl (C=O) groups is 1. The number of H-pyrrole nitrogens is 1. The molecule has 0 atom stereocenters. The number of aromatic nitrogens is 4. The van der Waals surface area contributed by atoms with Gasteiger partial charge >= 0.3 is 0 Å². The molecule has 29 heavy (non-hydrogen) atoms. The lowest BCUT2D eigenvalue weighted by Crippen LogP contribution is -2.28. The second-order valence-electron chi connectivity index (χ2n) is 6.46. The topological polar surface area (TPSA) is 87.4 Å². The van der Waals surface area contributed by atoms with E-state index >= 15 is 0 Å². The van der Waals surface area contributed by atoms with Gasteiger partial charge in [-0.25, -0.2) is 9.37 Å². The summed E-state index contributed by atoms with van der Waals surface area (Å²) in [6.45, 7) is 0.663. The maximum absolute atomic E-state index is 14.7. The fourth-order valence-corrected chi connectivity index (χ4v) is 3.93. The molecule has 0 saturated carbocycles. The number of hydrogen-bond acceptors (Lipinski definition) is 5. The van der Waals surface area contributed by atoms with Crippen molar-refractivity contribution in [2.45, 2.75) is 0 Å². The van der Waals surface area contributed by atoms with E-state index in [0.717, 1.165) is 28.2 Å². The lowest BCUT2D eigenvalue weighted by molar-refractivity contribution is 0.0974. The molecule has 4 heterocycles. The van der Waals surface area contributed by atoms with E-state index in [4.69, 9.17) is 0 Å². The highest BCUT2D eigenvalue weighted by Gasteiger charge is 2.17. The maximum atomic E-state index is 14.7. The molecular weight excluding hydrogens is 391 g/mol. The Hall–Kier alpha value is -3.46. The molecule has 0 radical (unpaired) electrons. The molecule has 1 aliphatic heterocycles. The minimum absolute atomic E-state index is 0.0168. The van der Waals surface area contributed by atoms with E-state index in [0.29, 0.717) is 17.3 Å². The summed E-state index contributed by atoms with van der Waals surface area (Å²) in [5.74, 6) is -0.265. The molecule has 0 aliphatic carbocycles. The van der Waals surface area contributed by atoms with Gasteiger partial charge in [-0.3, -0.25) is 19.3 Å². The molecule has 144 valence electrons. The fraction of sp³-hybridized carbons (Fsp3) is 0.100. The van der Waals surface area contributed by atoms with Crippen LogP contribution in [0.5, 0.6) is 0 Å². The van der Waals surface area contributed by atoms with E-state index in [1.807, 2.05) is 22.7 Å². The van der Waals surface area contributed by atoms with Crippen LogP contribution in [0, 0.1) is 5.82 Å². The van der Waals surface area contributed by atoms with Gasteiger partial charge in [0.2, 0.25) is 0 Å². The van der Waals surface area contributed by atoms with Gasteiger partial charge < -0.3 is 5.32 Å². The number of halogens is 1. The normalized spacial score (nSPS) is 13.6. The summed E-state index contributed by atoms with van der Waals surface area (Å²) in [5, 5.41) is 9.95. The molecule has 1 aliphatic rings. The van der Waals surface area contributed by atoms with Gasteiger partial charge in [0.15, 0.2) is 5.17 Å². The van der Waals surface area contributed by atoms with Crippen molar-refractivity contribution in [3.05, 3.63) is 66.5 Å². The summed E-state index contributed by atoms with van der Waals surface area (Å²) in [6, 6.07) is 8.40. The van der Waals surface area contributed by atoms with Crippen molar-refractivity contribution >= 4 is 28.5 Å². The molecule has 0 unspecified atom stereocenters. The number of imidazole rings is 1. The van der Waals surface area contributed by atoms with Gasteiger partial charge in [0.25, 0.3) is 5.91 Å². The zero-order valence-electron chi connectivity index (χ0n) is 15.1. The Labute approximate surface area is 169 Å². The van der Waals surface area contributed by atoms with E-state index in [1.54, 1.807) is 24.7 Å². The number of rotatable bonds is 3. The molecule has 7 nitrogen and oxygen atoms in total. The van der Waals surface area contributed by atoms with Crippen LogP contribution in [0.3, 0.4) is 0 Å². The van der Waals surface area contributed by atoms with Crippen molar-refractivity contribution in [3.8, 4) is 22.4 Å². The zero-order valence-corrected chi connectivity index (χ0v) is 15.9. The molecule has 1 amide bonds. The number of nitrogens with zero attached hydrogens (tertiary/aromatic N) is 4. The zero-order chi connectivity index (χ0) is 19.8. The van der Waals surface area contributed by atoms with Crippen LogP contribution in [0.15, 0.2) is 60.1 Å². The summed E-state index contributed by atoms with van der Waals surface area (Å²) in [4.78, 5) is 20.9. The molecule has 0 spiro atoms. The van der Waals surface area contributed by atoms with E-state index in [2.05, 4.69) is 25.5 Å². The van der Waals surface area contributed by atoms with Gasteiger partial charge in [0.05, 0.1) is 30.2 Å². The number of pyridine rings is 1. The van der Waals surface area contributed by atoms with E-state index in [9.17, 15) is 9.18 Å². The Morgan fingerprint density at radius 2 is 2.07 bits per heavy atom. The highest BCUT2D eigenvalue weighted by Crippen LogP contribution is 2.26. The van der Waals surface area contributed by atoms with E-state index in [-0.39, 0.29) is 5.56 Å². The SMILES string of the molecule is O=C(NC1=NCCS1)c1ccc(-c2cnc3ccc(-c4cn[nH]c4)cn23)cc1F. The molecule has 5 rings (SSSR count). The smallest absolute Gasteiger partial charge is 0.260 e. The second-order valence-corrected chi connectivity index (χ2v) is 7.54. The van der Waals surface area contributed by atoms with Crippen LogP contribution < -0.4 is 5.32 Å². The van der Waals surface area contributed by atoms with Crippen LogP contribution >= 0.6 is 11.8 Å². The highest BCUT2D eigenvalue weighted by atomic mass is 32.2. The Kier molecular flexibility index (Phi) is 4.36. The molecule has 0 fully saturated rings. The van der Waals surface area contributed by atoms with Gasteiger partial charge in [-0.05, 0) is 24.3 Å². The Morgan fingerprint density at radius 3 is 2.83 bits per heavy atom. The van der Waals surface area contributed by atoms with E-state index < -0.39 is 11.7 Å². The van der Waals surface area contributed by atoms with Gasteiger partial charge in [0.1, 0.15) is 11.5 Å². The van der Waals surface area contributed by atoms with Crippen molar-refractivity contribution in [3.63, 3.8) is 0 Å². The number of thioether (sulfide) groups is 1. The van der Waals surface area contributed by atoms with Crippen molar-refractivity contribution in [2.75, 3.05) is 12.3 Å². The third-order valence-electron chi connectivity index (χ3n) is 4.65. The number of nitrogens with one attached hydrogen (secondary N) is 2. The lowest BCUT2D eigenvalue weighted by atomic mass is 10.1. The monoisotopic (exact) mass is 406 g/mol. The van der Waals surface area contributed by atoms with Crippen LogP contribution in [-0.4, -0.2) is 43.0 Å². The Balaban J connectivity index is 1.49. The second kappa shape index (κ2) is 7.17. The number of fused-ring (bicyclic) bond motifs is 1. The van der Waals surface area contributed by atoms with E-state index in [1.165, 1.54) is 23.9 Å². The molecule has 9 heteroatoms. The van der Waals surface area contributed by atoms with Crippen LogP contribution in [-0.2, 0) is 0 Å². The first-order valence-electron chi connectivity index (χ1n) is 8.94. The van der Waals surface area contributed by atoms with Gasteiger partial charge in [-0.1, -0.05) is 17.8 Å². The number of aromatic amines is 1. The standard InChI is InChI=1S/C20H15FN6OS/c21-16-7-12(1-3-15(16)19(28)26-20-22-5-6-29-20)17-10-23-18-4-2-13(11-27(17)18)14-8-24-25-9-14/h1-4,7-11H,5-6H2,(H,24,25)(H,22,26,28). The molecule has 3 aromatic heterocycles. The molecule has 0 bridgehead atoms. The molecule has 4 aromatic rings. The lowest BCUT2D eigenvalue weighted by Gasteiger charge is -2.08. The molecule has 1 aromatic carbocycles. The third kappa shape index (κ3) is 3.29. The van der Waals surface area contributed by atoms with Crippen molar-refractivity contribution < 1.29 is 9.18 Å². The number of amides is 1. The largest absolute Gasteiger partial charge is 0.301 e. The molecule has 2 N–H and O–H groups in total. The first-order valence-corrected chi connectivity index (χ1v) is 9.92. The summed E-state index contributed by atoms with van der Waals surface area (Å²) < 4.78 is 16.6. The fourth-order valence-electron chi connectivity index (χ4n) is 3.21. The average Bonchev–Trinajstić information content (AvgIpc) is 3.48. The minimum atomic E-state index is -0.593. The predicted molar refractivity (Wildman–Crippen MR) is 110 cm³/mol. The van der Waals surface area contributed by atoms with Gasteiger partial charge in [-0.15, -0.1) is 0 Å². The Bertz CT molecular complexity index is 1250. The first-order chi connectivity index (χ1) is 14.2. The number of hydrogen-bond donors (Lipinski definition) is 2. The Morgan fingerprint density at radius 1 is 1.17 bits per heavy atom. The number of aliphatic imine (C=N–C) groups is 1. The van der Waals surface area contributed by atoms with Crippen molar-refractivity contribution in [1.29, 1.82) is 0 Å². The maximum Gasteiger partial charge on any atom is 0.260 e. The van der Waals surface area contributed by atoms with Crippen molar-refractivity contribution in [1.82, 2.24) is 24.9 Å². The average molecular weight is 406 g/mol.